The van der Waals surface area contributed by atoms with Crippen LogP contribution in [0.3, 0.4) is 0 Å². The number of carbonyl (C=O) groups excluding carboxylic acids is 3. The van der Waals surface area contributed by atoms with E-state index in [1.165, 1.54) is 0 Å². The highest BCUT2D eigenvalue weighted by molar-refractivity contribution is 7.13. The van der Waals surface area contributed by atoms with Crippen LogP contribution in [0.4, 0.5) is 4.79 Å². The van der Waals surface area contributed by atoms with Gasteiger partial charge in [-0.25, -0.2) is 4.79 Å². The van der Waals surface area contributed by atoms with E-state index < -0.39 is 12.1 Å². The number of carbonyl (C=O) groups is 3. The number of nitrogens with one attached hydrogen (secondary N) is 4. The first-order valence-electron chi connectivity index (χ1n) is 7.07. The predicted octanol–water partition coefficient (Wildman–Crippen LogP) is 0.743. The summed E-state index contributed by atoms with van der Waals surface area (Å²) >= 11 is 1.57. The second-order valence-corrected chi connectivity index (χ2v) is 6.03. The zero-order valence-corrected chi connectivity index (χ0v) is 12.9. The van der Waals surface area contributed by atoms with Crippen LogP contribution in [0, 0.1) is 0 Å². The molecule has 1 aliphatic heterocycles. The molecule has 1 aliphatic rings. The van der Waals surface area contributed by atoms with Crippen molar-refractivity contribution in [2.45, 2.75) is 25.4 Å². The monoisotopic (exact) mass is 333 g/mol. The van der Waals surface area contributed by atoms with Crippen molar-refractivity contribution in [2.24, 2.45) is 0 Å². The molecule has 0 aromatic carbocycles. The van der Waals surface area contributed by atoms with E-state index in [1.807, 2.05) is 17.5 Å². The number of thiophene rings is 1. The number of H-pyrrole nitrogens is 1. The lowest BCUT2D eigenvalue weighted by Gasteiger charge is -2.14. The van der Waals surface area contributed by atoms with Gasteiger partial charge in [0.15, 0.2) is 0 Å². The van der Waals surface area contributed by atoms with Gasteiger partial charge in [-0.1, -0.05) is 6.07 Å². The van der Waals surface area contributed by atoms with Crippen LogP contribution in [0.2, 0.25) is 0 Å². The van der Waals surface area contributed by atoms with Crippen LogP contribution in [0.15, 0.2) is 23.7 Å². The Balaban J connectivity index is 1.62. The summed E-state index contributed by atoms with van der Waals surface area (Å²) in [5.41, 5.74) is 1.72. The fourth-order valence-electron chi connectivity index (χ4n) is 2.31. The Morgan fingerprint density at radius 3 is 3.09 bits per heavy atom. The highest BCUT2D eigenvalue weighted by atomic mass is 32.1. The van der Waals surface area contributed by atoms with Gasteiger partial charge in [0.25, 0.3) is 0 Å². The standard InChI is InChI=1S/C14H15N5O3S/c20-11-4-3-9(17-14(22)18-11)13(21)15-6-8-7-16-19-12(8)10-2-1-5-23-10/h1-2,5,7,9H,3-4,6H2,(H,15,21)(H,16,19)(H2,17,18,20,22). The van der Waals surface area contributed by atoms with Crippen molar-refractivity contribution in [3.05, 3.63) is 29.3 Å². The van der Waals surface area contributed by atoms with Gasteiger partial charge in [0.2, 0.25) is 11.8 Å². The summed E-state index contributed by atoms with van der Waals surface area (Å²) < 4.78 is 0. The van der Waals surface area contributed by atoms with Gasteiger partial charge in [-0.2, -0.15) is 5.10 Å². The number of nitrogens with zero attached hydrogens (tertiary/aromatic N) is 1. The molecule has 1 atom stereocenters. The first-order chi connectivity index (χ1) is 11.1. The van der Waals surface area contributed by atoms with Crippen LogP contribution >= 0.6 is 11.3 Å². The third-order valence-corrected chi connectivity index (χ3v) is 4.36. The van der Waals surface area contributed by atoms with E-state index in [9.17, 15) is 14.4 Å². The van der Waals surface area contributed by atoms with Crippen molar-refractivity contribution in [3.8, 4) is 10.6 Å². The van der Waals surface area contributed by atoms with Crippen molar-refractivity contribution in [1.29, 1.82) is 0 Å². The summed E-state index contributed by atoms with van der Waals surface area (Å²) in [7, 11) is 0. The van der Waals surface area contributed by atoms with Crippen LogP contribution in [-0.4, -0.2) is 34.1 Å². The zero-order chi connectivity index (χ0) is 16.2. The molecule has 8 nitrogen and oxygen atoms in total. The molecule has 2 aromatic heterocycles. The SMILES string of the molecule is O=C1CCC(C(=O)NCc2cn[nH]c2-c2cccs2)NC(=O)N1. The Bertz CT molecular complexity index is 725. The number of rotatable bonds is 4. The Morgan fingerprint density at radius 2 is 2.30 bits per heavy atom. The lowest BCUT2D eigenvalue weighted by molar-refractivity contribution is -0.123. The van der Waals surface area contributed by atoms with Gasteiger partial charge in [0, 0.05) is 18.5 Å². The molecule has 9 heteroatoms. The molecule has 1 unspecified atom stereocenters. The molecule has 1 saturated heterocycles. The minimum Gasteiger partial charge on any atom is -0.350 e. The number of imide groups is 1. The van der Waals surface area contributed by atoms with Crippen LogP contribution < -0.4 is 16.0 Å². The van der Waals surface area contributed by atoms with Crippen molar-refractivity contribution < 1.29 is 14.4 Å². The predicted molar refractivity (Wildman–Crippen MR) is 83.4 cm³/mol. The van der Waals surface area contributed by atoms with Crippen molar-refractivity contribution in [2.75, 3.05) is 0 Å². The lowest BCUT2D eigenvalue weighted by atomic mass is 10.1. The molecule has 3 heterocycles. The van der Waals surface area contributed by atoms with E-state index >= 15 is 0 Å². The normalized spacial score (nSPS) is 18.0. The number of aromatic amines is 1. The molecular weight excluding hydrogens is 318 g/mol. The Hall–Kier alpha value is -2.68. The van der Waals surface area contributed by atoms with Crippen molar-refractivity contribution in [1.82, 2.24) is 26.1 Å². The molecule has 1 fully saturated rings. The molecular formula is C14H15N5O3S. The summed E-state index contributed by atoms with van der Waals surface area (Å²) in [5.74, 6) is -0.708. The molecule has 0 spiro atoms. The average Bonchev–Trinajstić information content (AvgIpc) is 3.16. The minimum atomic E-state index is -0.724. The third-order valence-electron chi connectivity index (χ3n) is 3.47. The lowest BCUT2D eigenvalue weighted by Crippen LogP contribution is -2.48. The summed E-state index contributed by atoms with van der Waals surface area (Å²) in [6.07, 6.45) is 2.06. The molecule has 0 aliphatic carbocycles. The summed E-state index contributed by atoms with van der Waals surface area (Å²) in [6, 6.07) is 2.54. The second kappa shape index (κ2) is 6.61. The highest BCUT2D eigenvalue weighted by Gasteiger charge is 2.26. The zero-order valence-electron chi connectivity index (χ0n) is 12.1. The molecule has 0 radical (unpaired) electrons. The summed E-state index contributed by atoms with van der Waals surface area (Å²) in [5, 5.41) is 16.3. The first-order valence-corrected chi connectivity index (χ1v) is 7.95. The molecule has 0 bridgehead atoms. The van der Waals surface area contributed by atoms with E-state index in [0.717, 1.165) is 16.1 Å². The molecule has 2 aromatic rings. The Labute approximate surface area is 135 Å². The third kappa shape index (κ3) is 3.57. The highest BCUT2D eigenvalue weighted by Crippen LogP contribution is 2.25. The Kier molecular flexibility index (Phi) is 4.38. The van der Waals surface area contributed by atoms with Gasteiger partial charge >= 0.3 is 6.03 Å². The summed E-state index contributed by atoms with van der Waals surface area (Å²) in [6.45, 7) is 0.288. The van der Waals surface area contributed by atoms with E-state index in [-0.39, 0.29) is 31.2 Å². The quantitative estimate of drug-likeness (QED) is 0.660. The van der Waals surface area contributed by atoms with E-state index in [1.54, 1.807) is 17.5 Å². The Morgan fingerprint density at radius 1 is 1.43 bits per heavy atom. The number of hydrogen-bond acceptors (Lipinski definition) is 5. The second-order valence-electron chi connectivity index (χ2n) is 5.08. The number of hydrogen-bond donors (Lipinski definition) is 4. The van der Waals surface area contributed by atoms with Crippen molar-refractivity contribution in [3.63, 3.8) is 0 Å². The van der Waals surface area contributed by atoms with E-state index in [4.69, 9.17) is 0 Å². The van der Waals surface area contributed by atoms with Gasteiger partial charge in [-0.3, -0.25) is 20.0 Å². The smallest absolute Gasteiger partial charge is 0.322 e. The molecule has 4 amide bonds. The van der Waals surface area contributed by atoms with Crippen LogP contribution in [-0.2, 0) is 16.1 Å². The topological polar surface area (TPSA) is 116 Å². The fourth-order valence-corrected chi connectivity index (χ4v) is 3.07. The van der Waals surface area contributed by atoms with E-state index in [2.05, 4.69) is 26.1 Å². The maximum absolute atomic E-state index is 12.2. The van der Waals surface area contributed by atoms with Crippen LogP contribution in [0.1, 0.15) is 18.4 Å². The maximum Gasteiger partial charge on any atom is 0.322 e. The van der Waals surface area contributed by atoms with Gasteiger partial charge in [-0.05, 0) is 17.9 Å². The van der Waals surface area contributed by atoms with Gasteiger partial charge in [0.1, 0.15) is 6.04 Å². The minimum absolute atomic E-state index is 0.128. The molecule has 3 rings (SSSR count). The van der Waals surface area contributed by atoms with Gasteiger partial charge < -0.3 is 10.6 Å². The number of aromatic nitrogens is 2. The number of urea groups is 1. The average molecular weight is 333 g/mol. The number of amides is 4. The first kappa shape index (κ1) is 15.2. The van der Waals surface area contributed by atoms with Gasteiger partial charge in [-0.15, -0.1) is 11.3 Å². The molecule has 120 valence electrons. The molecule has 0 saturated carbocycles. The fraction of sp³-hybridized carbons (Fsp3) is 0.286. The molecule has 23 heavy (non-hydrogen) atoms. The summed E-state index contributed by atoms with van der Waals surface area (Å²) in [4.78, 5) is 35.9. The van der Waals surface area contributed by atoms with E-state index in [0.29, 0.717) is 0 Å². The molecule has 4 N–H and O–H groups in total. The van der Waals surface area contributed by atoms with Crippen molar-refractivity contribution >= 4 is 29.2 Å². The van der Waals surface area contributed by atoms with Gasteiger partial charge in [0.05, 0.1) is 16.8 Å². The largest absolute Gasteiger partial charge is 0.350 e. The maximum atomic E-state index is 12.2. The van der Waals surface area contributed by atoms with Crippen LogP contribution in [0.25, 0.3) is 10.6 Å². The van der Waals surface area contributed by atoms with Crippen LogP contribution in [0.5, 0.6) is 0 Å².